The summed E-state index contributed by atoms with van der Waals surface area (Å²) in [5, 5.41) is 0. The summed E-state index contributed by atoms with van der Waals surface area (Å²) in [6.45, 7) is 1.82. The Kier molecular flexibility index (Phi) is 13.6. The van der Waals surface area contributed by atoms with Crippen LogP contribution in [-0.4, -0.2) is 56.1 Å². The van der Waals surface area contributed by atoms with Gasteiger partial charge in [-0.1, -0.05) is 44.9 Å². The summed E-state index contributed by atoms with van der Waals surface area (Å²) in [6.07, 6.45) is 13.5. The highest BCUT2D eigenvalue weighted by molar-refractivity contribution is 7.85. The molecule has 0 aromatic heterocycles. The third-order valence-electron chi connectivity index (χ3n) is 4.33. The molecule has 0 rings (SSSR count). The van der Waals surface area contributed by atoms with Crippen molar-refractivity contribution in [2.24, 2.45) is 0 Å². The SMILES string of the molecule is C[N+](C)(CCCCCCCCCCCCS)CCCS(=O)(=O)[O-]. The molecule has 0 aliphatic carbocycles. The lowest BCUT2D eigenvalue weighted by Crippen LogP contribution is -2.41. The first-order chi connectivity index (χ1) is 10.8. The van der Waals surface area contributed by atoms with Crippen molar-refractivity contribution >= 4 is 22.7 Å². The molecule has 0 aromatic carbocycles. The lowest BCUT2D eigenvalue weighted by Gasteiger charge is -2.30. The molecule has 23 heavy (non-hydrogen) atoms. The molecule has 0 aliphatic rings. The zero-order chi connectivity index (χ0) is 17.6. The maximum absolute atomic E-state index is 10.6. The van der Waals surface area contributed by atoms with Gasteiger partial charge in [-0.15, -0.1) is 0 Å². The van der Waals surface area contributed by atoms with Crippen LogP contribution in [0.3, 0.4) is 0 Å². The predicted octanol–water partition coefficient (Wildman–Crippen LogP) is 3.83. The highest BCUT2D eigenvalue weighted by Crippen LogP contribution is 2.12. The molecule has 0 radical (unpaired) electrons. The second-order valence-electron chi connectivity index (χ2n) is 7.26. The molecule has 140 valence electrons. The summed E-state index contributed by atoms with van der Waals surface area (Å²) < 4.78 is 32.6. The minimum absolute atomic E-state index is 0.233. The van der Waals surface area contributed by atoms with Gasteiger partial charge in [0.05, 0.1) is 37.3 Å². The Bertz CT molecular complexity index is 370. The average molecular weight is 368 g/mol. The lowest BCUT2D eigenvalue weighted by atomic mass is 10.1. The van der Waals surface area contributed by atoms with Crippen LogP contribution in [0.25, 0.3) is 0 Å². The van der Waals surface area contributed by atoms with Gasteiger partial charge < -0.3 is 9.04 Å². The standard InChI is InChI=1S/C17H37NO3S2/c1-18(2,15-13-17-23(19,20)21)14-11-9-7-5-3-4-6-8-10-12-16-22/h3-17H2,1-2H3,(H-,19,20,21,22). The van der Waals surface area contributed by atoms with E-state index in [1.165, 1.54) is 64.2 Å². The number of hydrogen-bond acceptors (Lipinski definition) is 4. The van der Waals surface area contributed by atoms with Crippen molar-refractivity contribution in [3.8, 4) is 0 Å². The fourth-order valence-electron chi connectivity index (χ4n) is 2.85. The Hall–Kier alpha value is 0.220. The zero-order valence-electron chi connectivity index (χ0n) is 15.1. The Balaban J connectivity index is 3.42. The van der Waals surface area contributed by atoms with E-state index in [1.807, 2.05) is 0 Å². The van der Waals surface area contributed by atoms with Gasteiger partial charge in [0.1, 0.15) is 0 Å². The number of nitrogens with zero attached hydrogens (tertiary/aromatic N) is 1. The fraction of sp³-hybridized carbons (Fsp3) is 1.00. The van der Waals surface area contributed by atoms with Crippen LogP contribution in [0.5, 0.6) is 0 Å². The summed E-state index contributed by atoms with van der Waals surface area (Å²) in [5.41, 5.74) is 0. The summed E-state index contributed by atoms with van der Waals surface area (Å²) in [5.74, 6) is 0.782. The van der Waals surface area contributed by atoms with Crippen molar-refractivity contribution in [3.63, 3.8) is 0 Å². The molecule has 4 nitrogen and oxygen atoms in total. The van der Waals surface area contributed by atoms with Crippen LogP contribution >= 0.6 is 12.6 Å². The van der Waals surface area contributed by atoms with Gasteiger partial charge in [0.15, 0.2) is 0 Å². The van der Waals surface area contributed by atoms with Crippen molar-refractivity contribution in [1.29, 1.82) is 0 Å². The monoisotopic (exact) mass is 367 g/mol. The zero-order valence-corrected chi connectivity index (χ0v) is 16.8. The van der Waals surface area contributed by atoms with Gasteiger partial charge in [-0.3, -0.25) is 0 Å². The Labute approximate surface area is 149 Å². The van der Waals surface area contributed by atoms with Crippen LogP contribution in [0.4, 0.5) is 0 Å². The van der Waals surface area contributed by atoms with E-state index in [9.17, 15) is 13.0 Å². The molecule has 0 spiro atoms. The quantitative estimate of drug-likeness (QED) is 0.195. The van der Waals surface area contributed by atoms with Crippen LogP contribution < -0.4 is 0 Å². The first kappa shape index (κ1) is 23.2. The van der Waals surface area contributed by atoms with Crippen molar-refractivity contribution in [3.05, 3.63) is 0 Å². The van der Waals surface area contributed by atoms with Crippen LogP contribution in [0.15, 0.2) is 0 Å². The Morgan fingerprint density at radius 2 is 1.13 bits per heavy atom. The molecule has 6 heteroatoms. The lowest BCUT2D eigenvalue weighted by molar-refractivity contribution is -0.890. The topological polar surface area (TPSA) is 57.2 Å². The first-order valence-electron chi connectivity index (χ1n) is 9.13. The van der Waals surface area contributed by atoms with Gasteiger partial charge in [-0.2, -0.15) is 12.6 Å². The molecule has 0 saturated carbocycles. The first-order valence-corrected chi connectivity index (χ1v) is 11.3. The van der Waals surface area contributed by atoms with Gasteiger partial charge in [-0.05, 0) is 25.0 Å². The highest BCUT2D eigenvalue weighted by Gasteiger charge is 2.14. The summed E-state index contributed by atoms with van der Waals surface area (Å²) in [4.78, 5) is 0. The van der Waals surface area contributed by atoms with E-state index in [-0.39, 0.29) is 5.75 Å². The normalized spacial score (nSPS) is 12.7. The average Bonchev–Trinajstić information content (AvgIpc) is 2.43. The molecule has 0 heterocycles. The maximum Gasteiger partial charge on any atom is 0.0948 e. The second kappa shape index (κ2) is 13.5. The predicted molar refractivity (Wildman–Crippen MR) is 101 cm³/mol. The van der Waals surface area contributed by atoms with Gasteiger partial charge >= 0.3 is 0 Å². The van der Waals surface area contributed by atoms with Crippen LogP contribution in [0.2, 0.25) is 0 Å². The fourth-order valence-corrected chi connectivity index (χ4v) is 3.55. The van der Waals surface area contributed by atoms with Gasteiger partial charge in [0.2, 0.25) is 0 Å². The highest BCUT2D eigenvalue weighted by atomic mass is 32.2. The number of rotatable bonds is 16. The van der Waals surface area contributed by atoms with E-state index in [4.69, 9.17) is 0 Å². The van der Waals surface area contributed by atoms with Gasteiger partial charge in [0, 0.05) is 12.2 Å². The second-order valence-corrected chi connectivity index (χ2v) is 9.23. The molecule has 0 aliphatic heterocycles. The van der Waals surface area contributed by atoms with E-state index >= 15 is 0 Å². The third kappa shape index (κ3) is 18.4. The number of hydrogen-bond donors (Lipinski definition) is 1. The van der Waals surface area contributed by atoms with Crippen LogP contribution in [0, 0.1) is 0 Å². The van der Waals surface area contributed by atoms with Gasteiger partial charge in [-0.25, -0.2) is 8.42 Å². The molecule has 0 fully saturated rings. The van der Waals surface area contributed by atoms with E-state index in [1.54, 1.807) is 0 Å². The summed E-state index contributed by atoms with van der Waals surface area (Å²) >= 11 is 4.22. The van der Waals surface area contributed by atoms with Crippen molar-refractivity contribution in [1.82, 2.24) is 0 Å². The molecule has 0 saturated heterocycles. The van der Waals surface area contributed by atoms with Crippen molar-refractivity contribution < 1.29 is 17.5 Å². The molecular formula is C17H37NO3S2. The summed E-state index contributed by atoms with van der Waals surface area (Å²) in [6, 6.07) is 0. The minimum Gasteiger partial charge on any atom is -0.748 e. The number of quaternary nitrogens is 1. The molecular weight excluding hydrogens is 330 g/mol. The maximum atomic E-state index is 10.6. The van der Waals surface area contributed by atoms with Crippen LogP contribution in [-0.2, 0) is 10.1 Å². The van der Waals surface area contributed by atoms with E-state index in [2.05, 4.69) is 26.7 Å². The molecule has 0 aromatic rings. The van der Waals surface area contributed by atoms with E-state index in [0.29, 0.717) is 6.42 Å². The smallest absolute Gasteiger partial charge is 0.0948 e. The van der Waals surface area contributed by atoms with Crippen molar-refractivity contribution in [2.45, 2.75) is 70.6 Å². The Morgan fingerprint density at radius 3 is 1.57 bits per heavy atom. The van der Waals surface area contributed by atoms with Crippen LogP contribution in [0.1, 0.15) is 70.6 Å². The van der Waals surface area contributed by atoms with Gasteiger partial charge in [0.25, 0.3) is 0 Å². The van der Waals surface area contributed by atoms with Crippen molar-refractivity contribution in [2.75, 3.05) is 38.7 Å². The molecule has 0 amide bonds. The third-order valence-corrected chi connectivity index (χ3v) is 5.43. The summed E-state index contributed by atoms with van der Waals surface area (Å²) in [7, 11) is 0.171. The van der Waals surface area contributed by atoms with E-state index in [0.717, 1.165) is 23.3 Å². The number of thiol groups is 1. The molecule has 0 N–H and O–H groups in total. The molecule has 0 atom stereocenters. The molecule has 0 unspecified atom stereocenters. The minimum atomic E-state index is -4.06. The van der Waals surface area contributed by atoms with E-state index < -0.39 is 10.1 Å². The largest absolute Gasteiger partial charge is 0.748 e. The molecule has 0 bridgehead atoms. The Morgan fingerprint density at radius 1 is 0.739 bits per heavy atom. The number of unbranched alkanes of at least 4 members (excludes halogenated alkanes) is 9.